The Bertz CT molecular complexity index is 567. The molecular formula is C14H15N4O+. The third kappa shape index (κ3) is 3.99. The van der Waals surface area contributed by atoms with E-state index in [2.05, 4.69) is 15.5 Å². The summed E-state index contributed by atoms with van der Waals surface area (Å²) in [5.41, 5.74) is 4.14. The topological polar surface area (TPSA) is 58.2 Å². The van der Waals surface area contributed by atoms with Gasteiger partial charge in [0.2, 0.25) is 6.54 Å². The number of hydrogen-bond acceptors (Lipinski definition) is 3. The Labute approximate surface area is 111 Å². The molecule has 1 N–H and O–H groups in total. The van der Waals surface area contributed by atoms with Gasteiger partial charge in [-0.2, -0.15) is 9.67 Å². The predicted molar refractivity (Wildman–Crippen MR) is 71.2 cm³/mol. The first-order chi connectivity index (χ1) is 9.25. The lowest BCUT2D eigenvalue weighted by Gasteiger charge is -2.00. The third-order valence-electron chi connectivity index (χ3n) is 2.53. The predicted octanol–water partition coefficient (Wildman–Crippen LogP) is 0.909. The molecule has 2 rings (SSSR count). The zero-order chi connectivity index (χ0) is 13.5. The molecule has 0 unspecified atom stereocenters. The molecule has 2 aromatic heterocycles. The molecule has 0 aliphatic rings. The van der Waals surface area contributed by atoms with E-state index in [1.807, 2.05) is 49.6 Å². The lowest BCUT2D eigenvalue weighted by molar-refractivity contribution is -0.684. The first kappa shape index (κ1) is 12.9. The van der Waals surface area contributed by atoms with Gasteiger partial charge >= 0.3 is 5.91 Å². The van der Waals surface area contributed by atoms with Crippen molar-refractivity contribution in [1.82, 2.24) is 10.4 Å². The summed E-state index contributed by atoms with van der Waals surface area (Å²) >= 11 is 0. The normalized spacial score (nSPS) is 11.1. The van der Waals surface area contributed by atoms with Crippen molar-refractivity contribution in [3.05, 3.63) is 60.7 Å². The fourth-order valence-corrected chi connectivity index (χ4v) is 1.53. The Morgan fingerprint density at radius 2 is 2.11 bits per heavy atom. The van der Waals surface area contributed by atoms with Crippen LogP contribution in [0.25, 0.3) is 0 Å². The molecule has 0 fully saturated rings. The maximum atomic E-state index is 11.7. The van der Waals surface area contributed by atoms with Crippen LogP contribution in [0.15, 0.2) is 60.2 Å². The fourth-order valence-electron chi connectivity index (χ4n) is 1.53. The minimum Gasteiger partial charge on any atom is -0.266 e. The Morgan fingerprint density at radius 3 is 2.79 bits per heavy atom. The van der Waals surface area contributed by atoms with Gasteiger partial charge in [-0.25, -0.2) is 5.43 Å². The molecule has 0 saturated carbocycles. The molecule has 0 spiro atoms. The van der Waals surface area contributed by atoms with Crippen LogP contribution in [0.5, 0.6) is 0 Å². The summed E-state index contributed by atoms with van der Waals surface area (Å²) < 4.78 is 1.78. The van der Waals surface area contributed by atoms with Crippen LogP contribution in [0, 0.1) is 0 Å². The second-order valence-corrected chi connectivity index (χ2v) is 4.02. The van der Waals surface area contributed by atoms with Crippen LogP contribution in [-0.4, -0.2) is 16.6 Å². The van der Waals surface area contributed by atoms with E-state index in [4.69, 9.17) is 0 Å². The highest BCUT2D eigenvalue weighted by Crippen LogP contribution is 1.97. The molecule has 0 radical (unpaired) electrons. The summed E-state index contributed by atoms with van der Waals surface area (Å²) in [5, 5.41) is 4.05. The van der Waals surface area contributed by atoms with E-state index in [1.165, 1.54) is 0 Å². The summed E-state index contributed by atoms with van der Waals surface area (Å²) in [6.07, 6.45) is 7.06. The molecule has 0 atom stereocenters. The Morgan fingerprint density at radius 1 is 1.32 bits per heavy atom. The van der Waals surface area contributed by atoms with E-state index in [0.29, 0.717) is 0 Å². The average Bonchev–Trinajstić information content (AvgIpc) is 2.47. The molecule has 2 heterocycles. The number of pyridine rings is 2. The van der Waals surface area contributed by atoms with E-state index in [1.54, 1.807) is 17.0 Å². The number of aromatic nitrogens is 2. The van der Waals surface area contributed by atoms with Gasteiger partial charge in [0, 0.05) is 30.1 Å². The highest BCUT2D eigenvalue weighted by molar-refractivity contribution is 5.98. The van der Waals surface area contributed by atoms with Crippen LogP contribution in [0.1, 0.15) is 12.5 Å². The zero-order valence-corrected chi connectivity index (χ0v) is 10.7. The summed E-state index contributed by atoms with van der Waals surface area (Å²) in [4.78, 5) is 15.7. The van der Waals surface area contributed by atoms with Gasteiger partial charge in [-0.15, -0.1) is 0 Å². The van der Waals surface area contributed by atoms with Gasteiger partial charge in [0.15, 0.2) is 12.4 Å². The van der Waals surface area contributed by atoms with E-state index in [-0.39, 0.29) is 12.5 Å². The van der Waals surface area contributed by atoms with Gasteiger partial charge in [0.1, 0.15) is 0 Å². The summed E-state index contributed by atoms with van der Waals surface area (Å²) in [5.74, 6) is -0.167. The minimum absolute atomic E-state index is 0.167. The van der Waals surface area contributed by atoms with Gasteiger partial charge in [0.05, 0.1) is 5.71 Å². The molecule has 96 valence electrons. The minimum atomic E-state index is -0.167. The van der Waals surface area contributed by atoms with Crippen molar-refractivity contribution in [2.45, 2.75) is 13.5 Å². The maximum Gasteiger partial charge on any atom is 0.305 e. The van der Waals surface area contributed by atoms with Crippen molar-refractivity contribution in [2.75, 3.05) is 0 Å². The van der Waals surface area contributed by atoms with Gasteiger partial charge in [-0.3, -0.25) is 9.78 Å². The third-order valence-corrected chi connectivity index (χ3v) is 2.53. The Kier molecular flexibility index (Phi) is 4.34. The smallest absolute Gasteiger partial charge is 0.266 e. The molecule has 0 saturated heterocycles. The van der Waals surface area contributed by atoms with Crippen molar-refractivity contribution >= 4 is 11.6 Å². The molecule has 0 bridgehead atoms. The fraction of sp³-hybridized carbons (Fsp3) is 0.143. The van der Waals surface area contributed by atoms with Gasteiger partial charge in [-0.1, -0.05) is 12.1 Å². The largest absolute Gasteiger partial charge is 0.305 e. The number of carbonyl (C=O) groups excluding carboxylic acids is 1. The zero-order valence-electron chi connectivity index (χ0n) is 10.7. The van der Waals surface area contributed by atoms with Crippen molar-refractivity contribution in [3.8, 4) is 0 Å². The number of rotatable bonds is 4. The number of hydrazone groups is 1. The molecule has 1 amide bonds. The second-order valence-electron chi connectivity index (χ2n) is 4.02. The van der Waals surface area contributed by atoms with Crippen molar-refractivity contribution in [2.24, 2.45) is 5.10 Å². The van der Waals surface area contributed by atoms with Crippen molar-refractivity contribution in [1.29, 1.82) is 0 Å². The van der Waals surface area contributed by atoms with Gasteiger partial charge in [0.25, 0.3) is 0 Å². The highest BCUT2D eigenvalue weighted by atomic mass is 16.2. The molecule has 2 aromatic rings. The van der Waals surface area contributed by atoms with Crippen molar-refractivity contribution < 1.29 is 9.36 Å². The van der Waals surface area contributed by atoms with Gasteiger partial charge < -0.3 is 0 Å². The molecule has 0 aliphatic carbocycles. The van der Waals surface area contributed by atoms with E-state index in [9.17, 15) is 4.79 Å². The monoisotopic (exact) mass is 255 g/mol. The Balaban J connectivity index is 1.93. The van der Waals surface area contributed by atoms with Crippen LogP contribution in [-0.2, 0) is 11.3 Å². The molecule has 5 nitrogen and oxygen atoms in total. The summed E-state index contributed by atoms with van der Waals surface area (Å²) in [7, 11) is 0. The van der Waals surface area contributed by atoms with Crippen LogP contribution in [0.2, 0.25) is 0 Å². The SMILES string of the molecule is C/C(=N/NC(=O)C[n+]1ccccc1)c1cccnc1. The number of nitrogens with one attached hydrogen (secondary N) is 1. The van der Waals surface area contributed by atoms with E-state index >= 15 is 0 Å². The Hall–Kier alpha value is -2.56. The first-order valence-electron chi connectivity index (χ1n) is 5.93. The molecule has 0 aliphatic heterocycles. The summed E-state index contributed by atoms with van der Waals surface area (Å²) in [6, 6.07) is 9.37. The maximum absolute atomic E-state index is 11.7. The number of carbonyl (C=O) groups is 1. The molecular weight excluding hydrogens is 240 g/mol. The van der Waals surface area contributed by atoms with Crippen LogP contribution >= 0.6 is 0 Å². The van der Waals surface area contributed by atoms with Crippen LogP contribution < -0.4 is 9.99 Å². The first-order valence-corrected chi connectivity index (χ1v) is 5.93. The number of amides is 1. The van der Waals surface area contributed by atoms with Gasteiger partial charge in [-0.05, 0) is 13.0 Å². The molecule has 19 heavy (non-hydrogen) atoms. The van der Waals surface area contributed by atoms with Crippen LogP contribution in [0.4, 0.5) is 0 Å². The van der Waals surface area contributed by atoms with Crippen molar-refractivity contribution in [3.63, 3.8) is 0 Å². The lowest BCUT2D eigenvalue weighted by atomic mass is 10.2. The number of hydrogen-bond donors (Lipinski definition) is 1. The molecule has 0 aromatic carbocycles. The molecule has 5 heteroatoms. The quantitative estimate of drug-likeness (QED) is 0.501. The highest BCUT2D eigenvalue weighted by Gasteiger charge is 2.07. The standard InChI is InChI=1S/C14H14N4O/c1-12(13-6-5-7-15-10-13)16-17-14(19)11-18-8-3-2-4-9-18/h2-10H,11H2,1H3/p+1/b16-12-. The second kappa shape index (κ2) is 6.39. The van der Waals surface area contributed by atoms with E-state index < -0.39 is 0 Å². The van der Waals surface area contributed by atoms with E-state index in [0.717, 1.165) is 11.3 Å². The summed E-state index contributed by atoms with van der Waals surface area (Å²) in [6.45, 7) is 2.07. The van der Waals surface area contributed by atoms with Crippen LogP contribution in [0.3, 0.4) is 0 Å². The lowest BCUT2D eigenvalue weighted by Crippen LogP contribution is -2.41. The average molecular weight is 255 g/mol. The number of nitrogens with zero attached hydrogens (tertiary/aromatic N) is 3.